The van der Waals surface area contributed by atoms with Gasteiger partial charge in [-0.1, -0.05) is 30.3 Å². The summed E-state index contributed by atoms with van der Waals surface area (Å²) >= 11 is 0. The highest BCUT2D eigenvalue weighted by molar-refractivity contribution is 5.81. The molecule has 5 fully saturated rings. The SMILES string of the molecule is COc1ccc(-c2cc(=O)n3cc(C4=CCNCC4)ccc3c2)cc1OC.COc1ccc(-c2cc(=O)n3cc(N4C[C@H]5CCN(C)[C@H]5C4)ccc3n2)cc1F.Cc1nc2ccc(-c3cc(=O)n4cc(N5CCN(C)[C@H](C)C5)ccc4n3)cc2o1.Cc1nc2ccc(-c3cc(=O)n4cc(N5C[C@H]6CNC[C@H]6C5)ccc4n3)cc2o1. The summed E-state index contributed by atoms with van der Waals surface area (Å²) in [6, 6.07) is 46.9. The average molecular weight is 1530 g/mol. The maximum Gasteiger partial charge on any atom is 0.258 e. The van der Waals surface area contributed by atoms with E-state index in [4.69, 9.17) is 33.0 Å². The van der Waals surface area contributed by atoms with E-state index in [9.17, 15) is 23.6 Å². The van der Waals surface area contributed by atoms with E-state index < -0.39 is 5.82 Å². The van der Waals surface area contributed by atoms with Crippen LogP contribution in [0.3, 0.4) is 0 Å². The first kappa shape index (κ1) is 74.4. The summed E-state index contributed by atoms with van der Waals surface area (Å²) < 4.78 is 47.5. The van der Waals surface area contributed by atoms with E-state index in [1.165, 1.54) is 37.8 Å². The standard InChI is InChI=1S/C22H23FN4O2.C22H21N5O2.C22H23N5O2.C22H22N2O3/c1-25-8-7-15-11-26(13-19(15)25)16-4-6-21-24-18(10-22(28)27(21)12-16)14-3-5-20(29-2)17(23)9-14;1-13-24-18-4-2-14(6-20(18)29-13)19-7-22(28)27-12-17(3-5-21(27)25-19)26-10-15-8-23-9-16(15)11-26;1-14-12-26(9-8-25(14)3)17-5-7-21-24-19(11-22(28)27(21)13-17)16-4-6-18-20(10-16)29-15(2)23-18;1-26-20-6-4-16(12-21(20)27-2)18-11-19-5-3-17(14-24(19)22(25)13-18)15-7-9-23-10-8-15/h3-6,9-10,12,15,19H,7-8,11,13H2,1-2H3;2-7,12,15-16,23H,8-11H2,1H3;4-7,10-11,13-14H,8-9,12H2,1-3H3;3-7,11-14,23H,8-10H2,1-2H3/t15-,19+;15-,16+;14-;/m1.1./s1. The normalized spacial score (nSPS) is 18.9. The van der Waals surface area contributed by atoms with Gasteiger partial charge in [-0.3, -0.25) is 36.8 Å². The third kappa shape index (κ3) is 15.1. The number of benzene rings is 4. The Bertz CT molecular complexity index is 6140. The number of likely N-dealkylation sites (N-methyl/N-ethyl adjacent to an activating group) is 2. The molecule has 16 heterocycles. The number of hydrogen-bond acceptors (Lipinski definition) is 21. The Balaban J connectivity index is 0.000000110. The van der Waals surface area contributed by atoms with Crippen molar-refractivity contribution in [1.82, 2.24) is 63.0 Å². The maximum absolute atomic E-state index is 14.1. The Morgan fingerprint density at radius 3 is 1.51 bits per heavy atom. The van der Waals surface area contributed by atoms with Gasteiger partial charge >= 0.3 is 0 Å². The van der Waals surface area contributed by atoms with E-state index in [1.807, 2.05) is 136 Å². The molecule has 25 nitrogen and oxygen atoms in total. The fraction of sp³-hybridized carbons (Fsp3) is 0.307. The largest absolute Gasteiger partial charge is 0.494 e. The summed E-state index contributed by atoms with van der Waals surface area (Å²) in [6.45, 7) is 18.0. The molecule has 0 unspecified atom stereocenters. The van der Waals surface area contributed by atoms with Crippen LogP contribution in [0.25, 0.3) is 95.1 Å². The highest BCUT2D eigenvalue weighted by Gasteiger charge is 2.40. The third-order valence-electron chi connectivity index (χ3n) is 23.2. The smallest absolute Gasteiger partial charge is 0.258 e. The zero-order valence-electron chi connectivity index (χ0n) is 64.9. The van der Waals surface area contributed by atoms with E-state index in [-0.39, 0.29) is 28.0 Å². The lowest BCUT2D eigenvalue weighted by atomic mass is 10.0. The number of halogens is 1. The molecule has 5 saturated heterocycles. The molecule has 10 aromatic heterocycles. The molecule has 0 aliphatic carbocycles. The van der Waals surface area contributed by atoms with Gasteiger partial charge < -0.3 is 58.2 Å². The van der Waals surface area contributed by atoms with Crippen LogP contribution in [0.5, 0.6) is 17.2 Å². The zero-order chi connectivity index (χ0) is 78.6. The number of fused-ring (bicyclic) bond motifs is 8. The van der Waals surface area contributed by atoms with Crippen LogP contribution in [0.1, 0.15) is 37.1 Å². The zero-order valence-corrected chi connectivity index (χ0v) is 64.9. The van der Waals surface area contributed by atoms with Crippen LogP contribution in [0.15, 0.2) is 211 Å². The third-order valence-corrected chi connectivity index (χ3v) is 23.2. The van der Waals surface area contributed by atoms with Crippen molar-refractivity contribution in [2.75, 3.05) is 129 Å². The fourth-order valence-electron chi connectivity index (χ4n) is 16.7. The van der Waals surface area contributed by atoms with Crippen LogP contribution >= 0.6 is 0 Å². The number of aryl methyl sites for hydroxylation is 2. The molecule has 0 spiro atoms. The summed E-state index contributed by atoms with van der Waals surface area (Å²) in [7, 11) is 8.97. The van der Waals surface area contributed by atoms with Crippen LogP contribution in [0, 0.1) is 37.4 Å². The second-order valence-corrected chi connectivity index (χ2v) is 30.4. The lowest BCUT2D eigenvalue weighted by Crippen LogP contribution is -2.50. The highest BCUT2D eigenvalue weighted by atomic mass is 19.1. The van der Waals surface area contributed by atoms with Gasteiger partial charge in [-0.25, -0.2) is 29.3 Å². The van der Waals surface area contributed by atoms with E-state index in [0.717, 1.165) is 140 Å². The quantitative estimate of drug-likeness (QED) is 0.122. The number of piperazine rings is 1. The number of anilines is 3. The number of hydrogen-bond donors (Lipinski definition) is 2. The van der Waals surface area contributed by atoms with Crippen LogP contribution in [-0.2, 0) is 0 Å². The molecular formula is C88H89FN16O9. The highest BCUT2D eigenvalue weighted by Crippen LogP contribution is 2.37. The number of nitrogens with zero attached hydrogens (tertiary/aromatic N) is 14. The van der Waals surface area contributed by atoms with Crippen molar-refractivity contribution < 1.29 is 27.4 Å². The number of likely N-dealkylation sites (tertiary alicyclic amines) is 1. The minimum Gasteiger partial charge on any atom is -0.494 e. The van der Waals surface area contributed by atoms with Gasteiger partial charge in [0, 0.05) is 163 Å². The second-order valence-electron chi connectivity index (χ2n) is 30.4. The Hall–Kier alpha value is -12.4. The molecule has 0 radical (unpaired) electrons. The number of ether oxygens (including phenoxy) is 3. The van der Waals surface area contributed by atoms with E-state index >= 15 is 0 Å². The van der Waals surface area contributed by atoms with Crippen molar-refractivity contribution in [2.45, 2.75) is 45.7 Å². The molecule has 6 aliphatic rings. The molecule has 5 atom stereocenters. The molecule has 14 aromatic rings. The molecule has 114 heavy (non-hydrogen) atoms. The molecule has 6 aliphatic heterocycles. The molecule has 0 bridgehead atoms. The Morgan fingerprint density at radius 1 is 0.447 bits per heavy atom. The molecule has 20 rings (SSSR count). The van der Waals surface area contributed by atoms with Gasteiger partial charge in [-0.2, -0.15) is 0 Å². The van der Waals surface area contributed by atoms with Gasteiger partial charge in [-0.05, 0) is 190 Å². The number of aromatic nitrogens is 9. The predicted molar refractivity (Wildman–Crippen MR) is 443 cm³/mol. The predicted octanol–water partition coefficient (Wildman–Crippen LogP) is 11.4. The number of oxazole rings is 2. The van der Waals surface area contributed by atoms with Crippen molar-refractivity contribution in [3.8, 4) is 62.1 Å². The van der Waals surface area contributed by atoms with Crippen LogP contribution in [0.2, 0.25) is 0 Å². The average Bonchev–Trinajstić information content (AvgIpc) is 1.59. The topological polar surface area (TPSA) is 245 Å². The molecule has 2 N–H and O–H groups in total. The summed E-state index contributed by atoms with van der Waals surface area (Å²) in [6.07, 6.45) is 12.0. The van der Waals surface area contributed by atoms with Crippen molar-refractivity contribution in [2.24, 2.45) is 17.8 Å². The minimum atomic E-state index is -0.480. The lowest BCUT2D eigenvalue weighted by molar-refractivity contribution is 0.234. The molecule has 582 valence electrons. The molecular weight excluding hydrogens is 1440 g/mol. The van der Waals surface area contributed by atoms with Crippen molar-refractivity contribution >= 4 is 67.3 Å². The van der Waals surface area contributed by atoms with Crippen LogP contribution < -0.4 is 61.8 Å². The number of methoxy groups -OCH3 is 3. The Kier molecular flexibility index (Phi) is 20.4. The monoisotopic (exact) mass is 1530 g/mol. The fourth-order valence-corrected chi connectivity index (χ4v) is 16.7. The van der Waals surface area contributed by atoms with Gasteiger partial charge in [0.25, 0.3) is 22.2 Å². The number of nitrogens with one attached hydrogen (secondary N) is 2. The first-order valence-corrected chi connectivity index (χ1v) is 38.7. The van der Waals surface area contributed by atoms with Gasteiger partial charge in [0.05, 0.1) is 55.5 Å². The molecule has 4 aromatic carbocycles. The first-order valence-electron chi connectivity index (χ1n) is 38.7. The number of pyridine rings is 5. The maximum atomic E-state index is 14.1. The number of rotatable bonds is 11. The molecule has 0 amide bonds. The van der Waals surface area contributed by atoms with Gasteiger partial charge in [0.15, 0.2) is 46.0 Å². The van der Waals surface area contributed by atoms with Gasteiger partial charge in [0.2, 0.25) is 0 Å². The summed E-state index contributed by atoms with van der Waals surface area (Å²) in [5.74, 6) is 4.34. The first-order chi connectivity index (χ1) is 55.3. The van der Waals surface area contributed by atoms with Crippen LogP contribution in [0.4, 0.5) is 21.5 Å². The minimum absolute atomic E-state index is 0.0475. The van der Waals surface area contributed by atoms with Crippen molar-refractivity contribution in [3.05, 3.63) is 247 Å². The van der Waals surface area contributed by atoms with E-state index in [1.54, 1.807) is 62.2 Å². The lowest BCUT2D eigenvalue weighted by Gasteiger charge is -2.39. The van der Waals surface area contributed by atoms with E-state index in [2.05, 4.69) is 89.3 Å². The van der Waals surface area contributed by atoms with Crippen LogP contribution in [-0.4, -0.2) is 178 Å². The molecule has 26 heteroatoms. The Labute approximate surface area is 655 Å². The summed E-state index contributed by atoms with van der Waals surface area (Å²) in [5.41, 5.74) is 16.6. The summed E-state index contributed by atoms with van der Waals surface area (Å²) in [4.78, 5) is 85.7. The van der Waals surface area contributed by atoms with Crippen molar-refractivity contribution in [1.29, 1.82) is 0 Å². The Morgan fingerprint density at radius 2 is 0.965 bits per heavy atom. The van der Waals surface area contributed by atoms with Gasteiger partial charge in [-0.15, -0.1) is 0 Å². The van der Waals surface area contributed by atoms with Crippen molar-refractivity contribution in [3.63, 3.8) is 0 Å². The summed E-state index contributed by atoms with van der Waals surface area (Å²) in [5, 5.41) is 6.78. The second kappa shape index (κ2) is 31.3. The molecule has 0 saturated carbocycles. The van der Waals surface area contributed by atoms with Gasteiger partial charge in [0.1, 0.15) is 28.0 Å². The van der Waals surface area contributed by atoms with E-state index in [0.29, 0.717) is 104 Å².